The maximum Gasteiger partial charge on any atom is 0.335 e. The minimum Gasteiger partial charge on any atom is -0.466 e. The van der Waals surface area contributed by atoms with Gasteiger partial charge in [-0.2, -0.15) is 0 Å². The lowest BCUT2D eigenvalue weighted by Crippen LogP contribution is -2.13. The van der Waals surface area contributed by atoms with E-state index < -0.39 is 5.97 Å². The van der Waals surface area contributed by atoms with Crippen LogP contribution >= 0.6 is 0 Å². The third kappa shape index (κ3) is 3.31. The lowest BCUT2D eigenvalue weighted by molar-refractivity contribution is -0.136. The summed E-state index contributed by atoms with van der Waals surface area (Å²) in [6.45, 7) is 4.20. The molecule has 0 N–H and O–H groups in total. The van der Waals surface area contributed by atoms with Gasteiger partial charge in [0.05, 0.1) is 24.9 Å². The van der Waals surface area contributed by atoms with Crippen LogP contribution < -0.4 is 0 Å². The van der Waals surface area contributed by atoms with Crippen LogP contribution in [0.2, 0.25) is 0 Å². The zero-order valence-electron chi connectivity index (χ0n) is 15.2. The summed E-state index contributed by atoms with van der Waals surface area (Å²) >= 11 is 0. The molecule has 4 heteroatoms. The Balaban J connectivity index is 2.11. The van der Waals surface area contributed by atoms with E-state index in [0.29, 0.717) is 11.3 Å². The Morgan fingerprint density at radius 2 is 1.77 bits per heavy atom. The summed E-state index contributed by atoms with van der Waals surface area (Å²) in [4.78, 5) is 24.0. The molecule has 0 saturated heterocycles. The maximum absolute atomic E-state index is 12.3. The van der Waals surface area contributed by atoms with Crippen LogP contribution in [0, 0.1) is 13.8 Å². The third-order valence-corrected chi connectivity index (χ3v) is 4.58. The maximum atomic E-state index is 12.3. The minimum atomic E-state index is -0.405. The zero-order valence-corrected chi connectivity index (χ0v) is 15.2. The smallest absolute Gasteiger partial charge is 0.335 e. The second-order valence-corrected chi connectivity index (χ2v) is 6.30. The molecule has 0 saturated carbocycles. The molecule has 0 unspecified atom stereocenters. The molecule has 0 aliphatic carbocycles. The highest BCUT2D eigenvalue weighted by Gasteiger charge is 2.17. The lowest BCUT2D eigenvalue weighted by atomic mass is 10.1. The second kappa shape index (κ2) is 7.40. The number of aryl methyl sites for hydroxylation is 2. The monoisotopic (exact) mass is 347 g/mol. The van der Waals surface area contributed by atoms with Gasteiger partial charge >= 0.3 is 5.97 Å². The van der Waals surface area contributed by atoms with Crippen LogP contribution in [0.25, 0.3) is 17.0 Å². The summed E-state index contributed by atoms with van der Waals surface area (Å²) in [7, 11) is 1.37. The van der Waals surface area contributed by atoms with Gasteiger partial charge in [0.25, 0.3) is 0 Å². The Kier molecular flexibility index (Phi) is 5.03. The fourth-order valence-electron chi connectivity index (χ4n) is 3.15. The Labute approximate surface area is 152 Å². The van der Waals surface area contributed by atoms with Gasteiger partial charge in [-0.25, -0.2) is 4.79 Å². The number of rotatable bonds is 5. The zero-order chi connectivity index (χ0) is 18.7. The van der Waals surface area contributed by atoms with Gasteiger partial charge in [0.1, 0.15) is 0 Å². The fourth-order valence-corrected chi connectivity index (χ4v) is 3.15. The molecule has 132 valence electrons. The highest BCUT2D eigenvalue weighted by atomic mass is 16.5. The topological polar surface area (TPSA) is 48.3 Å². The molecule has 4 nitrogen and oxygen atoms in total. The highest BCUT2D eigenvalue weighted by Crippen LogP contribution is 2.26. The number of nitrogens with zero attached hydrogens (tertiary/aromatic N) is 1. The van der Waals surface area contributed by atoms with E-state index in [0.717, 1.165) is 33.9 Å². The number of carbonyl (C=O) groups is 2. The van der Waals surface area contributed by atoms with Crippen molar-refractivity contribution in [3.8, 4) is 0 Å². The molecule has 0 atom stereocenters. The van der Waals surface area contributed by atoms with E-state index in [4.69, 9.17) is 4.74 Å². The number of benzene rings is 2. The molecular weight excluding hydrogens is 326 g/mol. The quantitative estimate of drug-likeness (QED) is 0.392. The van der Waals surface area contributed by atoms with Crippen LogP contribution in [0.5, 0.6) is 0 Å². The van der Waals surface area contributed by atoms with Gasteiger partial charge in [0.2, 0.25) is 0 Å². The number of hydrogen-bond donors (Lipinski definition) is 0. The van der Waals surface area contributed by atoms with Gasteiger partial charge in [-0.3, -0.25) is 4.79 Å². The molecule has 1 heterocycles. The van der Waals surface area contributed by atoms with Crippen LogP contribution in [0.4, 0.5) is 0 Å². The van der Waals surface area contributed by atoms with Gasteiger partial charge in [-0.05, 0) is 37.1 Å². The molecule has 0 radical (unpaired) electrons. The highest BCUT2D eigenvalue weighted by molar-refractivity contribution is 5.96. The molecule has 1 aromatic heterocycles. The van der Waals surface area contributed by atoms with Crippen molar-refractivity contribution in [2.75, 3.05) is 7.11 Å². The molecule has 0 aliphatic heterocycles. The average molecular weight is 347 g/mol. The minimum absolute atomic E-state index is 0.267. The third-order valence-electron chi connectivity index (χ3n) is 4.58. The number of aromatic nitrogens is 1. The van der Waals surface area contributed by atoms with E-state index in [1.54, 1.807) is 0 Å². The normalized spacial score (nSPS) is 11.6. The number of esters is 1. The predicted molar refractivity (Wildman–Crippen MR) is 103 cm³/mol. The van der Waals surface area contributed by atoms with Gasteiger partial charge in [0.15, 0.2) is 6.29 Å². The van der Waals surface area contributed by atoms with Crippen molar-refractivity contribution in [3.63, 3.8) is 0 Å². The van der Waals surface area contributed by atoms with Crippen molar-refractivity contribution >= 4 is 29.2 Å². The van der Waals surface area contributed by atoms with E-state index in [1.165, 1.54) is 7.11 Å². The predicted octanol–water partition coefficient (Wildman–Crippen LogP) is 4.33. The van der Waals surface area contributed by atoms with Crippen molar-refractivity contribution in [1.82, 2.24) is 4.57 Å². The summed E-state index contributed by atoms with van der Waals surface area (Å²) in [6, 6.07) is 15.7. The van der Waals surface area contributed by atoms with E-state index in [1.807, 2.05) is 73.0 Å². The Morgan fingerprint density at radius 1 is 1.08 bits per heavy atom. The molecular formula is C22H21NO3. The molecule has 0 spiro atoms. The number of aldehydes is 1. The SMILES string of the molecule is COC(=O)/C(=C/c1ccc(C)cc1)Cn1c(C=O)c(C)c2ccccc21. The van der Waals surface area contributed by atoms with Crippen LogP contribution in [0.15, 0.2) is 54.1 Å². The van der Waals surface area contributed by atoms with E-state index >= 15 is 0 Å². The van der Waals surface area contributed by atoms with Gasteiger partial charge < -0.3 is 9.30 Å². The van der Waals surface area contributed by atoms with Crippen molar-refractivity contribution in [2.24, 2.45) is 0 Å². The largest absolute Gasteiger partial charge is 0.466 e. The average Bonchev–Trinajstić information content (AvgIpc) is 2.94. The summed E-state index contributed by atoms with van der Waals surface area (Å²) in [6.07, 6.45) is 2.65. The van der Waals surface area contributed by atoms with Crippen LogP contribution in [-0.4, -0.2) is 23.9 Å². The van der Waals surface area contributed by atoms with Crippen molar-refractivity contribution in [1.29, 1.82) is 0 Å². The van der Waals surface area contributed by atoms with Gasteiger partial charge in [0, 0.05) is 10.9 Å². The lowest BCUT2D eigenvalue weighted by Gasteiger charge is -2.11. The second-order valence-electron chi connectivity index (χ2n) is 6.30. The first-order chi connectivity index (χ1) is 12.5. The summed E-state index contributed by atoms with van der Waals surface area (Å²) < 4.78 is 6.83. The number of hydrogen-bond acceptors (Lipinski definition) is 3. The first-order valence-corrected chi connectivity index (χ1v) is 8.43. The summed E-state index contributed by atoms with van der Waals surface area (Å²) in [5.74, 6) is -0.405. The van der Waals surface area contributed by atoms with Crippen molar-refractivity contribution in [3.05, 3.63) is 76.5 Å². The molecule has 0 fully saturated rings. The summed E-state index contributed by atoms with van der Waals surface area (Å²) in [5.41, 5.74) is 4.96. The fraction of sp³-hybridized carbons (Fsp3) is 0.182. The number of ether oxygens (including phenoxy) is 1. The van der Waals surface area contributed by atoms with Crippen LogP contribution in [-0.2, 0) is 16.1 Å². The van der Waals surface area contributed by atoms with Crippen LogP contribution in [0.1, 0.15) is 27.2 Å². The Bertz CT molecular complexity index is 994. The molecule has 3 rings (SSSR count). The van der Waals surface area contributed by atoms with Crippen LogP contribution in [0.3, 0.4) is 0 Å². The first kappa shape index (κ1) is 17.7. The molecule has 0 aliphatic rings. The number of carbonyl (C=O) groups excluding carboxylic acids is 2. The first-order valence-electron chi connectivity index (χ1n) is 8.43. The Hall–Kier alpha value is -3.14. The molecule has 0 amide bonds. The molecule has 26 heavy (non-hydrogen) atoms. The summed E-state index contributed by atoms with van der Waals surface area (Å²) in [5, 5.41) is 1.01. The standard InChI is InChI=1S/C22H21NO3/c1-15-8-10-17(11-9-15)12-18(22(25)26-3)13-23-20-7-5-4-6-19(20)16(2)21(23)14-24/h4-12,14H,13H2,1-3H3/b18-12+. The van der Waals surface area contributed by atoms with E-state index in [-0.39, 0.29) is 6.54 Å². The molecule has 2 aromatic carbocycles. The molecule has 0 bridgehead atoms. The number of para-hydroxylation sites is 1. The van der Waals surface area contributed by atoms with Crippen molar-refractivity contribution < 1.29 is 14.3 Å². The molecule has 3 aromatic rings. The van der Waals surface area contributed by atoms with E-state index in [9.17, 15) is 9.59 Å². The van der Waals surface area contributed by atoms with Gasteiger partial charge in [-0.1, -0.05) is 48.0 Å². The van der Waals surface area contributed by atoms with Crippen molar-refractivity contribution in [2.45, 2.75) is 20.4 Å². The van der Waals surface area contributed by atoms with E-state index in [2.05, 4.69) is 0 Å². The Morgan fingerprint density at radius 3 is 2.42 bits per heavy atom. The number of fused-ring (bicyclic) bond motifs is 1. The number of methoxy groups -OCH3 is 1. The van der Waals surface area contributed by atoms with Gasteiger partial charge in [-0.15, -0.1) is 0 Å².